The average molecular weight is 92.1 g/mol. The van der Waals surface area contributed by atoms with Crippen LogP contribution in [0.4, 0.5) is 0 Å². The van der Waals surface area contributed by atoms with Gasteiger partial charge in [0.05, 0.1) is 5.92 Å². The summed E-state index contributed by atoms with van der Waals surface area (Å²) in [5.41, 5.74) is 0. The van der Waals surface area contributed by atoms with Gasteiger partial charge in [-0.25, -0.2) is 0 Å². The molecule has 0 saturated heterocycles. The third kappa shape index (κ3) is 1.76. The fourth-order valence-corrected chi connectivity index (χ4v) is 0. The maximum absolute atomic E-state index is 9.70. The lowest BCUT2D eigenvalue weighted by Gasteiger charge is -1.89. The first-order valence-corrected chi connectivity index (χ1v) is 1.87. The highest BCUT2D eigenvalue weighted by molar-refractivity contribution is 5.68. The zero-order valence-electron chi connectivity index (χ0n) is 3.93. The van der Waals surface area contributed by atoms with Crippen LogP contribution in [0.25, 0.3) is 0 Å². The van der Waals surface area contributed by atoms with Gasteiger partial charge in [0.2, 0.25) is 0 Å². The highest BCUT2D eigenvalue weighted by atomic mass is 18.2. The molecule has 0 aliphatic heterocycles. The summed E-state index contributed by atoms with van der Waals surface area (Å²) in [5, 5.41) is 7.99. The standard InChI is InChI=1S/C4H8O2/c1-3(2)4(5)6/h3H,1-2H3,(H,5,6)/i5+2,6+2. The predicted octanol–water partition coefficient (Wildman–Crippen LogP) is 0.727. The minimum atomic E-state index is -0.741. The largest absolute Gasteiger partial charge is 0.481 e. The third-order valence-electron chi connectivity index (χ3n) is 0.494. The molecule has 0 atom stereocenters. The van der Waals surface area contributed by atoms with E-state index in [-0.39, 0.29) is 5.92 Å². The van der Waals surface area contributed by atoms with Crippen LogP contribution in [0.5, 0.6) is 0 Å². The van der Waals surface area contributed by atoms with E-state index in [1.807, 2.05) is 0 Å². The molecule has 0 bridgehead atoms. The number of hydrogen-bond acceptors (Lipinski definition) is 1. The monoisotopic (exact) mass is 92.1 g/mol. The SMILES string of the molecule is CC(C)C(=[18O])[18OH]. The summed E-state index contributed by atoms with van der Waals surface area (Å²) >= 11 is 0. The van der Waals surface area contributed by atoms with Crippen molar-refractivity contribution in [3.63, 3.8) is 0 Å². The first-order valence-electron chi connectivity index (χ1n) is 1.87. The van der Waals surface area contributed by atoms with Crippen molar-refractivity contribution in [1.82, 2.24) is 0 Å². The summed E-state index contributed by atoms with van der Waals surface area (Å²) in [7, 11) is 0. The summed E-state index contributed by atoms with van der Waals surface area (Å²) in [5.74, 6) is -0.972. The van der Waals surface area contributed by atoms with Gasteiger partial charge >= 0.3 is 5.97 Å². The van der Waals surface area contributed by atoms with Crippen molar-refractivity contribution in [1.29, 1.82) is 0 Å². The molecule has 0 aliphatic carbocycles. The summed E-state index contributed by atoms with van der Waals surface area (Å²) in [6.07, 6.45) is 0. The second-order valence-corrected chi connectivity index (χ2v) is 1.49. The molecule has 6 heavy (non-hydrogen) atoms. The van der Waals surface area contributed by atoms with E-state index in [9.17, 15) is 4.79 Å². The van der Waals surface area contributed by atoms with E-state index in [1.54, 1.807) is 13.8 Å². The molecular weight excluding hydrogens is 84.0 g/mol. The molecule has 0 aliphatic rings. The van der Waals surface area contributed by atoms with Crippen LogP contribution in [0.1, 0.15) is 13.8 Å². The smallest absolute Gasteiger partial charge is 0.305 e. The Balaban J connectivity index is 3.26. The molecule has 2 nitrogen and oxygen atoms in total. The minimum absolute atomic E-state index is 0.231. The number of carboxylic acids is 1. The summed E-state index contributed by atoms with van der Waals surface area (Å²) in [6, 6.07) is 0. The highest BCUT2D eigenvalue weighted by Gasteiger charge is 1.99. The molecule has 0 radical (unpaired) electrons. The Labute approximate surface area is 36.8 Å². The number of carbonyl (C=O) groups is 1. The Hall–Kier alpha value is -0.530. The lowest BCUT2D eigenvalue weighted by molar-refractivity contribution is -0.140. The van der Waals surface area contributed by atoms with Gasteiger partial charge < -0.3 is 5.11 Å². The molecule has 0 heterocycles. The van der Waals surface area contributed by atoms with Crippen LogP contribution in [-0.4, -0.2) is 11.1 Å². The van der Waals surface area contributed by atoms with Gasteiger partial charge in [-0.15, -0.1) is 0 Å². The topological polar surface area (TPSA) is 37.3 Å². The number of rotatable bonds is 1. The van der Waals surface area contributed by atoms with Crippen molar-refractivity contribution >= 4 is 5.97 Å². The highest BCUT2D eigenvalue weighted by Crippen LogP contribution is 1.87. The van der Waals surface area contributed by atoms with Crippen molar-refractivity contribution in [3.05, 3.63) is 0 Å². The number of aliphatic carboxylic acids is 1. The van der Waals surface area contributed by atoms with Crippen LogP contribution in [0.15, 0.2) is 0 Å². The zero-order chi connectivity index (χ0) is 5.15. The average Bonchev–Trinajstić information content (AvgIpc) is 1.36. The quantitative estimate of drug-likeness (QED) is 0.484. The molecule has 0 fully saturated rings. The van der Waals surface area contributed by atoms with Crippen molar-refractivity contribution in [3.8, 4) is 0 Å². The van der Waals surface area contributed by atoms with Crippen LogP contribution in [0, 0.1) is 5.92 Å². The molecule has 0 spiro atoms. The van der Waals surface area contributed by atoms with Gasteiger partial charge in [0.15, 0.2) is 0 Å². The van der Waals surface area contributed by atoms with Crippen LogP contribution in [-0.2, 0) is 4.79 Å². The molecule has 0 aromatic rings. The first kappa shape index (κ1) is 5.47. The maximum Gasteiger partial charge on any atom is 0.305 e. The molecule has 0 aromatic carbocycles. The Morgan fingerprint density at radius 1 is 1.67 bits per heavy atom. The van der Waals surface area contributed by atoms with Crippen LogP contribution < -0.4 is 0 Å². The minimum Gasteiger partial charge on any atom is -0.481 e. The van der Waals surface area contributed by atoms with E-state index in [1.165, 1.54) is 0 Å². The summed E-state index contributed by atoms with van der Waals surface area (Å²) < 4.78 is 0. The van der Waals surface area contributed by atoms with E-state index in [2.05, 4.69) is 0 Å². The van der Waals surface area contributed by atoms with Crippen LogP contribution >= 0.6 is 0 Å². The zero-order valence-corrected chi connectivity index (χ0v) is 3.93. The Morgan fingerprint density at radius 2 is 1.83 bits per heavy atom. The summed E-state index contributed by atoms with van der Waals surface area (Å²) in [4.78, 5) is 9.70. The molecule has 0 unspecified atom stereocenters. The second-order valence-electron chi connectivity index (χ2n) is 1.49. The maximum atomic E-state index is 9.70. The first-order chi connectivity index (χ1) is 2.64. The van der Waals surface area contributed by atoms with E-state index in [4.69, 9.17) is 5.11 Å². The Morgan fingerprint density at radius 3 is 1.83 bits per heavy atom. The van der Waals surface area contributed by atoms with E-state index in [0.717, 1.165) is 0 Å². The van der Waals surface area contributed by atoms with Gasteiger partial charge in [0.1, 0.15) is 0 Å². The number of hydrogen-bond donors (Lipinski definition) is 1. The fraction of sp³-hybridized carbons (Fsp3) is 0.750. The van der Waals surface area contributed by atoms with Crippen molar-refractivity contribution in [2.75, 3.05) is 0 Å². The fourth-order valence-electron chi connectivity index (χ4n) is 0. The molecule has 2 heteroatoms. The molecule has 0 rings (SSSR count). The van der Waals surface area contributed by atoms with Gasteiger partial charge in [0.25, 0.3) is 0 Å². The molecule has 0 amide bonds. The van der Waals surface area contributed by atoms with Gasteiger partial charge in [-0.1, -0.05) is 13.8 Å². The Bertz CT molecular complexity index is 56.6. The number of carboxylic acid groups (broad SMARTS) is 1. The molecule has 0 saturated carbocycles. The normalized spacial score (nSPS) is 9.17. The van der Waals surface area contributed by atoms with Gasteiger partial charge in [-0.3, -0.25) is 4.79 Å². The van der Waals surface area contributed by atoms with Crippen molar-refractivity contribution in [2.24, 2.45) is 5.92 Å². The molecule has 36 valence electrons. The lowest BCUT2D eigenvalue weighted by Crippen LogP contribution is -2.03. The van der Waals surface area contributed by atoms with E-state index >= 15 is 0 Å². The molecular formula is C4H8O2. The van der Waals surface area contributed by atoms with E-state index < -0.39 is 5.97 Å². The second kappa shape index (κ2) is 1.80. The third-order valence-corrected chi connectivity index (χ3v) is 0.494. The van der Waals surface area contributed by atoms with Crippen LogP contribution in [0.3, 0.4) is 0 Å². The van der Waals surface area contributed by atoms with Crippen LogP contribution in [0.2, 0.25) is 0 Å². The lowest BCUT2D eigenvalue weighted by atomic mass is 10.2. The van der Waals surface area contributed by atoms with Gasteiger partial charge in [0, 0.05) is 0 Å². The van der Waals surface area contributed by atoms with E-state index in [0.29, 0.717) is 0 Å². The summed E-state index contributed by atoms with van der Waals surface area (Å²) in [6.45, 7) is 3.28. The molecule has 1 N–H and O–H groups in total. The predicted molar refractivity (Wildman–Crippen MR) is 22.5 cm³/mol. The van der Waals surface area contributed by atoms with Gasteiger partial charge in [-0.2, -0.15) is 0 Å². The Kier molecular flexibility index (Phi) is 1.64. The van der Waals surface area contributed by atoms with Crippen molar-refractivity contribution in [2.45, 2.75) is 13.8 Å². The van der Waals surface area contributed by atoms with Crippen molar-refractivity contribution < 1.29 is 9.90 Å². The van der Waals surface area contributed by atoms with Gasteiger partial charge in [-0.05, 0) is 0 Å². The molecule has 0 aromatic heterocycles.